The number of halogens is 4. The highest BCUT2D eigenvalue weighted by molar-refractivity contribution is 7.92. The second-order valence-electron chi connectivity index (χ2n) is 5.64. The molecule has 0 amide bonds. The van der Waals surface area contributed by atoms with Gasteiger partial charge in [-0.05, 0) is 29.8 Å². The van der Waals surface area contributed by atoms with E-state index in [1.165, 1.54) is 0 Å². The van der Waals surface area contributed by atoms with Crippen LogP contribution in [0.5, 0.6) is 0 Å². The van der Waals surface area contributed by atoms with Crippen LogP contribution in [0.1, 0.15) is 24.0 Å². The Kier molecular flexibility index (Phi) is 3.82. The molecule has 3 rings (SSSR count). The number of fused-ring (bicyclic) bond motifs is 1. The predicted octanol–water partition coefficient (Wildman–Crippen LogP) is 4.16. The number of sulfonamides is 1. The van der Waals surface area contributed by atoms with E-state index in [-0.39, 0.29) is 12.5 Å². The van der Waals surface area contributed by atoms with Gasteiger partial charge in [-0.3, -0.25) is 4.31 Å². The van der Waals surface area contributed by atoms with Crippen molar-refractivity contribution in [1.82, 2.24) is 0 Å². The number of anilines is 1. The van der Waals surface area contributed by atoms with Crippen molar-refractivity contribution in [3.05, 3.63) is 59.4 Å². The van der Waals surface area contributed by atoms with Gasteiger partial charge in [-0.1, -0.05) is 25.1 Å². The molecule has 0 aromatic heterocycles. The quantitative estimate of drug-likeness (QED) is 0.755. The molecular formula is C16H13F4NO2S. The summed E-state index contributed by atoms with van der Waals surface area (Å²) >= 11 is 0. The van der Waals surface area contributed by atoms with Crippen molar-refractivity contribution in [2.24, 2.45) is 0 Å². The third-order valence-corrected chi connectivity index (χ3v) is 5.78. The fourth-order valence-corrected chi connectivity index (χ4v) is 4.42. The van der Waals surface area contributed by atoms with Crippen molar-refractivity contribution in [3.8, 4) is 0 Å². The molecule has 1 aliphatic rings. The van der Waals surface area contributed by atoms with E-state index in [1.807, 2.05) is 6.92 Å². The van der Waals surface area contributed by atoms with E-state index in [1.54, 1.807) is 24.3 Å². The predicted molar refractivity (Wildman–Crippen MR) is 80.8 cm³/mol. The van der Waals surface area contributed by atoms with Crippen molar-refractivity contribution < 1.29 is 26.0 Å². The largest absolute Gasteiger partial charge is 0.419 e. The molecule has 0 radical (unpaired) electrons. The van der Waals surface area contributed by atoms with Crippen LogP contribution in [0.15, 0.2) is 47.4 Å². The topological polar surface area (TPSA) is 37.4 Å². The van der Waals surface area contributed by atoms with Crippen LogP contribution in [0.25, 0.3) is 0 Å². The lowest BCUT2D eigenvalue weighted by molar-refractivity contribution is -0.140. The van der Waals surface area contributed by atoms with Crippen LogP contribution in [0.4, 0.5) is 23.2 Å². The fourth-order valence-electron chi connectivity index (χ4n) is 2.81. The maximum absolute atomic E-state index is 13.4. The van der Waals surface area contributed by atoms with Crippen LogP contribution >= 0.6 is 0 Å². The summed E-state index contributed by atoms with van der Waals surface area (Å²) in [5, 5.41) is 0. The Hall–Kier alpha value is -2.09. The Bertz CT molecular complexity index is 893. The fraction of sp³-hybridized carbons (Fsp3) is 0.250. The molecule has 0 saturated carbocycles. The molecule has 0 spiro atoms. The first-order valence-electron chi connectivity index (χ1n) is 7.11. The van der Waals surface area contributed by atoms with Crippen molar-refractivity contribution >= 4 is 15.7 Å². The maximum Gasteiger partial charge on any atom is 0.419 e. The highest BCUT2D eigenvalue weighted by atomic mass is 32.2. The first-order chi connectivity index (χ1) is 11.1. The summed E-state index contributed by atoms with van der Waals surface area (Å²) in [7, 11) is -4.22. The van der Waals surface area contributed by atoms with Crippen LogP contribution in [-0.2, 0) is 16.2 Å². The second kappa shape index (κ2) is 5.47. The van der Waals surface area contributed by atoms with E-state index in [4.69, 9.17) is 0 Å². The van der Waals surface area contributed by atoms with E-state index in [9.17, 15) is 26.0 Å². The summed E-state index contributed by atoms with van der Waals surface area (Å²) in [5.74, 6) is -1.59. The van der Waals surface area contributed by atoms with Crippen LogP contribution in [0.2, 0.25) is 0 Å². The van der Waals surface area contributed by atoms with Gasteiger partial charge in [0.05, 0.1) is 16.1 Å². The molecule has 2 aromatic rings. The van der Waals surface area contributed by atoms with Crippen molar-refractivity contribution in [1.29, 1.82) is 0 Å². The number of hydrogen-bond donors (Lipinski definition) is 0. The Morgan fingerprint density at radius 2 is 1.79 bits per heavy atom. The van der Waals surface area contributed by atoms with Gasteiger partial charge in [0.2, 0.25) is 0 Å². The van der Waals surface area contributed by atoms with Gasteiger partial charge in [-0.25, -0.2) is 12.8 Å². The molecule has 1 atom stereocenters. The lowest BCUT2D eigenvalue weighted by atomic mass is 10.0. The Balaban J connectivity index is 2.11. The number of hydrogen-bond acceptors (Lipinski definition) is 2. The molecule has 1 heterocycles. The highest BCUT2D eigenvalue weighted by Gasteiger charge is 2.38. The van der Waals surface area contributed by atoms with Gasteiger partial charge in [-0.15, -0.1) is 0 Å². The minimum atomic E-state index is -4.97. The summed E-state index contributed by atoms with van der Waals surface area (Å²) in [5.41, 5.74) is -0.355. The van der Waals surface area contributed by atoms with Gasteiger partial charge in [-0.2, -0.15) is 13.2 Å². The molecule has 2 aromatic carbocycles. The van der Waals surface area contributed by atoms with E-state index in [2.05, 4.69) is 0 Å². The van der Waals surface area contributed by atoms with Gasteiger partial charge in [0, 0.05) is 12.5 Å². The molecule has 24 heavy (non-hydrogen) atoms. The van der Waals surface area contributed by atoms with Crippen molar-refractivity contribution in [2.75, 3.05) is 10.8 Å². The van der Waals surface area contributed by atoms with Crippen LogP contribution < -0.4 is 4.31 Å². The molecule has 1 unspecified atom stereocenters. The Morgan fingerprint density at radius 3 is 2.46 bits per heavy atom. The van der Waals surface area contributed by atoms with Crippen LogP contribution in [-0.4, -0.2) is 15.0 Å². The lowest BCUT2D eigenvalue weighted by Gasteiger charge is -2.20. The average molecular weight is 359 g/mol. The molecular weight excluding hydrogens is 346 g/mol. The van der Waals surface area contributed by atoms with Crippen LogP contribution in [0, 0.1) is 5.82 Å². The smallest absolute Gasteiger partial charge is 0.265 e. The van der Waals surface area contributed by atoms with Gasteiger partial charge in [0.1, 0.15) is 5.82 Å². The van der Waals surface area contributed by atoms with Crippen molar-refractivity contribution in [3.63, 3.8) is 0 Å². The zero-order chi connectivity index (χ0) is 17.7. The minimum absolute atomic E-state index is 0.0847. The molecule has 1 aliphatic heterocycles. The SMILES string of the molecule is CC1CN(S(=O)(=O)c2ccc(F)c(C(F)(F)F)c2)c2ccccc21. The van der Waals surface area contributed by atoms with Gasteiger partial charge in [0.15, 0.2) is 0 Å². The first-order valence-corrected chi connectivity index (χ1v) is 8.55. The van der Waals surface area contributed by atoms with E-state index in [0.29, 0.717) is 17.8 Å². The molecule has 3 nitrogen and oxygen atoms in total. The summed E-state index contributed by atoms with van der Waals surface area (Å²) in [6, 6.07) is 8.53. The average Bonchev–Trinajstić information content (AvgIpc) is 2.85. The van der Waals surface area contributed by atoms with Crippen LogP contribution in [0.3, 0.4) is 0 Å². The summed E-state index contributed by atoms with van der Waals surface area (Å²) in [4.78, 5) is -0.583. The summed E-state index contributed by atoms with van der Waals surface area (Å²) in [6.07, 6.45) is -4.97. The number of para-hydroxylation sites is 1. The van der Waals surface area contributed by atoms with Crippen molar-refractivity contribution in [2.45, 2.75) is 23.9 Å². The summed E-state index contributed by atoms with van der Waals surface area (Å²) < 4.78 is 78.6. The molecule has 8 heteroatoms. The third-order valence-electron chi connectivity index (χ3n) is 4.01. The Labute approximate surface area is 136 Å². The van der Waals surface area contributed by atoms with Gasteiger partial charge < -0.3 is 0 Å². The van der Waals surface area contributed by atoms with E-state index < -0.39 is 32.5 Å². The maximum atomic E-state index is 13.4. The number of alkyl halides is 3. The number of nitrogens with zero attached hydrogens (tertiary/aromatic N) is 1. The molecule has 0 fully saturated rings. The van der Waals surface area contributed by atoms with E-state index >= 15 is 0 Å². The molecule has 0 bridgehead atoms. The Morgan fingerprint density at radius 1 is 1.12 bits per heavy atom. The molecule has 0 aliphatic carbocycles. The number of benzene rings is 2. The standard InChI is InChI=1S/C16H13F4NO2S/c1-10-9-21(15-5-3-2-4-12(10)15)24(22,23)11-6-7-14(17)13(8-11)16(18,19)20/h2-8,10H,9H2,1H3. The normalized spacial score (nSPS) is 17.9. The minimum Gasteiger partial charge on any atom is -0.265 e. The highest BCUT2D eigenvalue weighted by Crippen LogP contribution is 2.40. The zero-order valence-electron chi connectivity index (χ0n) is 12.5. The van der Waals surface area contributed by atoms with Gasteiger partial charge >= 0.3 is 6.18 Å². The third kappa shape index (κ3) is 2.64. The number of rotatable bonds is 2. The molecule has 0 saturated heterocycles. The van der Waals surface area contributed by atoms with Gasteiger partial charge in [0.25, 0.3) is 10.0 Å². The lowest BCUT2D eigenvalue weighted by Crippen LogP contribution is -2.30. The van der Waals surface area contributed by atoms with E-state index in [0.717, 1.165) is 15.9 Å². The molecule has 128 valence electrons. The molecule has 0 N–H and O–H groups in total. The first kappa shape index (κ1) is 16.8. The summed E-state index contributed by atoms with van der Waals surface area (Å²) in [6.45, 7) is 1.96. The zero-order valence-corrected chi connectivity index (χ0v) is 13.3. The monoisotopic (exact) mass is 359 g/mol. The second-order valence-corrected chi connectivity index (χ2v) is 7.50.